The third-order valence-corrected chi connectivity index (χ3v) is 6.44. The topological polar surface area (TPSA) is 57.7 Å². The molecular weight excluding hydrogens is 355 g/mol. The Morgan fingerprint density at radius 3 is 2.31 bits per heavy atom. The van der Waals surface area contributed by atoms with E-state index in [9.17, 15) is 17.6 Å². The molecule has 0 aliphatic carbocycles. The molecule has 0 unspecified atom stereocenters. The fourth-order valence-corrected chi connectivity index (χ4v) is 4.86. The highest BCUT2D eigenvalue weighted by Gasteiger charge is 2.38. The van der Waals surface area contributed by atoms with Gasteiger partial charge in [0.25, 0.3) is 5.91 Å². The number of carbonyl (C=O) groups is 1. The molecule has 0 saturated carbocycles. The molecule has 0 N–H and O–H groups in total. The van der Waals surface area contributed by atoms with Crippen LogP contribution in [0.1, 0.15) is 12.8 Å². The number of halogens is 1. The number of rotatable bonds is 2. The fraction of sp³-hybridized carbons (Fsp3) is 0.211. The Balaban J connectivity index is 1.87. The first-order valence-corrected chi connectivity index (χ1v) is 9.87. The maximum absolute atomic E-state index is 13.3. The summed E-state index contributed by atoms with van der Waals surface area (Å²) >= 11 is 0. The molecule has 134 valence electrons. The molecule has 2 aliphatic rings. The van der Waals surface area contributed by atoms with Crippen molar-refractivity contribution in [2.45, 2.75) is 17.7 Å². The quantitative estimate of drug-likeness (QED) is 0.812. The van der Waals surface area contributed by atoms with Crippen molar-refractivity contribution < 1.29 is 17.6 Å². The summed E-state index contributed by atoms with van der Waals surface area (Å²) in [5, 5.41) is 0. The summed E-state index contributed by atoms with van der Waals surface area (Å²) in [5.74, 6) is -0.867. The summed E-state index contributed by atoms with van der Waals surface area (Å²) in [7, 11) is -3.91. The zero-order valence-electron chi connectivity index (χ0n) is 13.9. The molecule has 2 aliphatic heterocycles. The number of likely N-dealkylation sites (tertiary alicyclic amines) is 1. The lowest BCUT2D eigenvalue weighted by Crippen LogP contribution is -2.35. The van der Waals surface area contributed by atoms with E-state index >= 15 is 0 Å². The fourth-order valence-electron chi connectivity index (χ4n) is 3.32. The number of hydrogen-bond acceptors (Lipinski definition) is 4. The van der Waals surface area contributed by atoms with Crippen LogP contribution in [0.3, 0.4) is 0 Å². The van der Waals surface area contributed by atoms with Gasteiger partial charge < -0.3 is 9.80 Å². The number of hydrogen-bond donors (Lipinski definition) is 0. The highest BCUT2D eigenvalue weighted by atomic mass is 32.2. The van der Waals surface area contributed by atoms with Crippen molar-refractivity contribution in [3.05, 3.63) is 65.5 Å². The molecule has 2 aromatic carbocycles. The van der Waals surface area contributed by atoms with Crippen LogP contribution in [0.15, 0.2) is 64.5 Å². The van der Waals surface area contributed by atoms with Gasteiger partial charge in [-0.3, -0.25) is 4.79 Å². The molecule has 2 aromatic rings. The van der Waals surface area contributed by atoms with E-state index in [4.69, 9.17) is 0 Å². The highest BCUT2D eigenvalue weighted by molar-refractivity contribution is 7.96. The van der Waals surface area contributed by atoms with E-state index < -0.39 is 15.7 Å². The average Bonchev–Trinajstić information content (AvgIpc) is 3.17. The van der Waals surface area contributed by atoms with E-state index in [0.717, 1.165) is 12.8 Å². The summed E-state index contributed by atoms with van der Waals surface area (Å²) in [6.45, 7) is 1.12. The van der Waals surface area contributed by atoms with E-state index in [2.05, 4.69) is 0 Å². The SMILES string of the molecule is O=C(C1=CN(c2ccc(F)cc2)c2ccccc2S1(=O)=O)N1CCCC1. The number of nitrogens with zero attached hydrogens (tertiary/aromatic N) is 2. The number of sulfone groups is 1. The Kier molecular flexibility index (Phi) is 4.03. The summed E-state index contributed by atoms with van der Waals surface area (Å²) in [6, 6.07) is 12.2. The van der Waals surface area contributed by atoms with Gasteiger partial charge in [0.2, 0.25) is 9.84 Å². The minimum Gasteiger partial charge on any atom is -0.338 e. The lowest BCUT2D eigenvalue weighted by Gasteiger charge is -2.30. The van der Waals surface area contributed by atoms with Crippen molar-refractivity contribution in [2.75, 3.05) is 18.0 Å². The number of carbonyl (C=O) groups excluding carboxylic acids is 1. The predicted octanol–water partition coefficient (Wildman–Crippen LogP) is 3.21. The maximum Gasteiger partial charge on any atom is 0.267 e. The van der Waals surface area contributed by atoms with Crippen LogP contribution in [0.4, 0.5) is 15.8 Å². The number of fused-ring (bicyclic) bond motifs is 1. The van der Waals surface area contributed by atoms with Crippen LogP contribution in [0, 0.1) is 5.82 Å². The molecule has 0 spiro atoms. The van der Waals surface area contributed by atoms with Gasteiger partial charge in [0.15, 0.2) is 4.91 Å². The Morgan fingerprint density at radius 1 is 0.962 bits per heavy atom. The second-order valence-corrected chi connectivity index (χ2v) is 8.20. The Hall–Kier alpha value is -2.67. The van der Waals surface area contributed by atoms with Crippen LogP contribution in [0.25, 0.3) is 0 Å². The zero-order valence-corrected chi connectivity index (χ0v) is 14.7. The van der Waals surface area contributed by atoms with Crippen LogP contribution in [-0.4, -0.2) is 32.3 Å². The molecular formula is C19H17FN2O3S. The lowest BCUT2D eigenvalue weighted by atomic mass is 10.2. The van der Waals surface area contributed by atoms with Crippen molar-refractivity contribution in [1.82, 2.24) is 4.90 Å². The van der Waals surface area contributed by atoms with Gasteiger partial charge in [-0.05, 0) is 49.2 Å². The van der Waals surface area contributed by atoms with Crippen LogP contribution in [-0.2, 0) is 14.6 Å². The van der Waals surface area contributed by atoms with Gasteiger partial charge in [-0.2, -0.15) is 0 Å². The zero-order chi connectivity index (χ0) is 18.3. The molecule has 4 rings (SSSR count). The second kappa shape index (κ2) is 6.25. The first kappa shape index (κ1) is 16.8. The van der Waals surface area contributed by atoms with Gasteiger partial charge >= 0.3 is 0 Å². The highest BCUT2D eigenvalue weighted by Crippen LogP contribution is 2.40. The molecule has 7 heteroatoms. The minimum atomic E-state index is -3.91. The van der Waals surface area contributed by atoms with Gasteiger partial charge in [0.05, 0.1) is 10.6 Å². The van der Waals surface area contributed by atoms with Crippen LogP contribution < -0.4 is 4.90 Å². The molecule has 0 aromatic heterocycles. The third-order valence-electron chi connectivity index (χ3n) is 4.66. The number of amides is 1. The molecule has 2 heterocycles. The van der Waals surface area contributed by atoms with Crippen LogP contribution >= 0.6 is 0 Å². The van der Waals surface area contributed by atoms with Gasteiger partial charge in [0, 0.05) is 25.0 Å². The van der Waals surface area contributed by atoms with Gasteiger partial charge in [-0.15, -0.1) is 0 Å². The second-order valence-electron chi connectivity index (χ2n) is 6.31. The summed E-state index contributed by atoms with van der Waals surface area (Å²) in [6.07, 6.45) is 3.10. The number of para-hydroxylation sites is 1. The van der Waals surface area contributed by atoms with Crippen molar-refractivity contribution in [3.63, 3.8) is 0 Å². The van der Waals surface area contributed by atoms with E-state index in [-0.39, 0.29) is 15.6 Å². The monoisotopic (exact) mass is 372 g/mol. The largest absolute Gasteiger partial charge is 0.338 e. The van der Waals surface area contributed by atoms with Crippen molar-refractivity contribution in [3.8, 4) is 0 Å². The first-order chi connectivity index (χ1) is 12.5. The summed E-state index contributed by atoms with van der Waals surface area (Å²) < 4.78 is 39.4. The van der Waals surface area contributed by atoms with E-state index in [1.54, 1.807) is 40.1 Å². The normalized spacial score (nSPS) is 18.4. The van der Waals surface area contributed by atoms with E-state index in [0.29, 0.717) is 24.5 Å². The molecule has 1 fully saturated rings. The molecule has 0 radical (unpaired) electrons. The number of anilines is 2. The standard InChI is InChI=1S/C19H17FN2O3S/c20-14-7-9-15(10-8-14)22-13-18(19(23)21-11-3-4-12-21)26(24,25)17-6-2-1-5-16(17)22/h1-2,5-10,13H,3-4,11-12H2. The van der Waals surface area contributed by atoms with Crippen molar-refractivity contribution >= 4 is 27.1 Å². The Morgan fingerprint density at radius 2 is 1.62 bits per heavy atom. The van der Waals surface area contributed by atoms with Crippen molar-refractivity contribution in [2.24, 2.45) is 0 Å². The van der Waals surface area contributed by atoms with Gasteiger partial charge in [-0.1, -0.05) is 12.1 Å². The van der Waals surface area contributed by atoms with Crippen LogP contribution in [0.5, 0.6) is 0 Å². The van der Waals surface area contributed by atoms with E-state index in [1.807, 2.05) is 0 Å². The Labute approximate surface area is 151 Å². The minimum absolute atomic E-state index is 0.0781. The van der Waals surface area contributed by atoms with Gasteiger partial charge in [0.1, 0.15) is 5.82 Å². The summed E-state index contributed by atoms with van der Waals surface area (Å²) in [4.78, 5) is 15.9. The summed E-state index contributed by atoms with van der Waals surface area (Å²) in [5.41, 5.74) is 1.03. The molecule has 0 bridgehead atoms. The molecule has 26 heavy (non-hydrogen) atoms. The van der Waals surface area contributed by atoms with Crippen molar-refractivity contribution in [1.29, 1.82) is 0 Å². The Bertz CT molecular complexity index is 994. The first-order valence-electron chi connectivity index (χ1n) is 8.38. The average molecular weight is 372 g/mol. The lowest BCUT2D eigenvalue weighted by molar-refractivity contribution is -0.125. The predicted molar refractivity (Wildman–Crippen MR) is 96.1 cm³/mol. The smallest absolute Gasteiger partial charge is 0.267 e. The van der Waals surface area contributed by atoms with Gasteiger partial charge in [-0.25, -0.2) is 12.8 Å². The van der Waals surface area contributed by atoms with Crippen LogP contribution in [0.2, 0.25) is 0 Å². The maximum atomic E-state index is 13.3. The van der Waals surface area contributed by atoms with E-state index in [1.165, 1.54) is 24.4 Å². The molecule has 1 amide bonds. The molecule has 1 saturated heterocycles. The molecule has 0 atom stereocenters. The third kappa shape index (κ3) is 2.68. The number of benzene rings is 2. The molecule has 5 nitrogen and oxygen atoms in total.